The third kappa shape index (κ3) is 7.62. The second-order valence-electron chi connectivity index (χ2n) is 12.3. The van der Waals surface area contributed by atoms with Gasteiger partial charge >= 0.3 is 11.7 Å². The first-order chi connectivity index (χ1) is 22.2. The van der Waals surface area contributed by atoms with Crippen LogP contribution >= 0.6 is 11.3 Å². The molecule has 0 aliphatic heterocycles. The van der Waals surface area contributed by atoms with Gasteiger partial charge < -0.3 is 20.3 Å². The van der Waals surface area contributed by atoms with Crippen molar-refractivity contribution >= 4 is 33.4 Å². The Hall–Kier alpha value is -4.37. The highest BCUT2D eigenvalue weighted by Gasteiger charge is 2.36. The maximum absolute atomic E-state index is 14.0. The van der Waals surface area contributed by atoms with Crippen molar-refractivity contribution < 1.29 is 28.9 Å². The molecule has 1 saturated carbocycles. The number of fused-ring (bicyclic) bond motifs is 1. The number of aryl methyl sites for hydroxylation is 3. The highest BCUT2D eigenvalue weighted by atomic mass is 32.1. The Balaban J connectivity index is 0.000000427. The van der Waals surface area contributed by atoms with E-state index in [-0.39, 0.29) is 31.0 Å². The van der Waals surface area contributed by atoms with E-state index in [4.69, 9.17) is 14.9 Å². The van der Waals surface area contributed by atoms with Crippen molar-refractivity contribution in [2.24, 2.45) is 5.92 Å². The standard InChI is InChI=1S/C25H29FN6O4S.C7H12O3/c1-14(2)29-23(34)25(4,5)31-20(33)19-15(3)21(32-27-10-11-28-32)37-22(19)30(24(31)35)12-9-16-13-17(26)7-8-18(16)36-6;8-6-3-1-5(2-4-6)7(9)10/h7-8,10-11,13-14H,9,12H2,1-6H3,(H,29,34);5-6,8H,1-4H2,(H,9,10). The molecule has 5 rings (SSSR count). The first-order valence-electron chi connectivity index (χ1n) is 15.4. The fourth-order valence-electron chi connectivity index (χ4n) is 5.57. The van der Waals surface area contributed by atoms with Crippen molar-refractivity contribution in [1.82, 2.24) is 29.4 Å². The molecule has 15 heteroatoms. The number of rotatable bonds is 9. The number of hydrogen-bond acceptors (Lipinski definition) is 9. The van der Waals surface area contributed by atoms with Gasteiger partial charge in [-0.15, -0.1) is 4.80 Å². The number of methoxy groups -OCH3 is 1. The molecule has 0 radical (unpaired) electrons. The molecule has 1 aliphatic carbocycles. The monoisotopic (exact) mass is 672 g/mol. The number of aromatic nitrogens is 5. The molecule has 4 aromatic rings. The predicted octanol–water partition coefficient (Wildman–Crippen LogP) is 3.39. The molecule has 3 heterocycles. The number of benzene rings is 1. The van der Waals surface area contributed by atoms with Crippen LogP contribution in [0.1, 0.15) is 64.5 Å². The average molecular weight is 673 g/mol. The lowest BCUT2D eigenvalue weighted by atomic mass is 9.88. The zero-order chi connectivity index (χ0) is 34.6. The van der Waals surface area contributed by atoms with E-state index in [0.717, 1.165) is 4.57 Å². The van der Waals surface area contributed by atoms with Crippen molar-refractivity contribution in [3.63, 3.8) is 0 Å². The summed E-state index contributed by atoms with van der Waals surface area (Å²) in [6, 6.07) is 4.00. The number of carbonyl (C=O) groups excluding carboxylic acids is 1. The number of nitrogens with zero attached hydrogens (tertiary/aromatic N) is 5. The zero-order valence-electron chi connectivity index (χ0n) is 27.3. The Bertz CT molecular complexity index is 1850. The molecule has 254 valence electrons. The van der Waals surface area contributed by atoms with Gasteiger partial charge in [-0.05, 0) is 90.5 Å². The number of thiophene rings is 1. The molecule has 3 aromatic heterocycles. The summed E-state index contributed by atoms with van der Waals surface area (Å²) in [7, 11) is 1.49. The number of ether oxygens (including phenoxy) is 1. The highest BCUT2D eigenvalue weighted by molar-refractivity contribution is 7.21. The topological polar surface area (TPSA) is 171 Å². The summed E-state index contributed by atoms with van der Waals surface area (Å²) in [5.41, 5.74) is -1.54. The van der Waals surface area contributed by atoms with Gasteiger partial charge in [0.1, 0.15) is 26.9 Å². The third-order valence-corrected chi connectivity index (χ3v) is 9.50. The lowest BCUT2D eigenvalue weighted by Gasteiger charge is -2.27. The number of carbonyl (C=O) groups is 2. The molecule has 1 fully saturated rings. The SMILES string of the molecule is COc1ccc(F)cc1CCn1c(=O)n(C(C)(C)C(=O)NC(C)C)c(=O)c2c(C)c(-n3nccn3)sc21.O=C(O)C1CCC(O)CC1. The van der Waals surface area contributed by atoms with Crippen LogP contribution in [0.5, 0.6) is 5.75 Å². The predicted molar refractivity (Wildman–Crippen MR) is 175 cm³/mol. The summed E-state index contributed by atoms with van der Waals surface area (Å²) >= 11 is 1.20. The minimum Gasteiger partial charge on any atom is -0.496 e. The second-order valence-corrected chi connectivity index (χ2v) is 13.3. The fourth-order valence-corrected chi connectivity index (χ4v) is 6.81. The van der Waals surface area contributed by atoms with Crippen LogP contribution in [0.25, 0.3) is 15.2 Å². The lowest BCUT2D eigenvalue weighted by Crippen LogP contribution is -2.56. The van der Waals surface area contributed by atoms with E-state index in [9.17, 15) is 23.6 Å². The maximum atomic E-state index is 14.0. The smallest absolute Gasteiger partial charge is 0.333 e. The molecule has 0 spiro atoms. The summed E-state index contributed by atoms with van der Waals surface area (Å²) in [5.74, 6) is -1.32. The van der Waals surface area contributed by atoms with E-state index < -0.39 is 34.5 Å². The van der Waals surface area contributed by atoms with Gasteiger partial charge in [-0.2, -0.15) is 10.2 Å². The van der Waals surface area contributed by atoms with Gasteiger partial charge in [-0.3, -0.25) is 19.0 Å². The first kappa shape index (κ1) is 35.5. The largest absolute Gasteiger partial charge is 0.496 e. The number of aliphatic carboxylic acids is 1. The van der Waals surface area contributed by atoms with Gasteiger partial charge in [0.25, 0.3) is 5.56 Å². The van der Waals surface area contributed by atoms with E-state index in [0.29, 0.717) is 57.8 Å². The summed E-state index contributed by atoms with van der Waals surface area (Å²) < 4.78 is 21.8. The van der Waals surface area contributed by atoms with Crippen LogP contribution < -0.4 is 21.3 Å². The molecule has 1 aliphatic rings. The molecule has 1 amide bonds. The van der Waals surface area contributed by atoms with Gasteiger partial charge in [0, 0.05) is 18.2 Å². The van der Waals surface area contributed by atoms with Gasteiger partial charge in [0.2, 0.25) is 5.91 Å². The Labute approximate surface area is 274 Å². The van der Waals surface area contributed by atoms with Gasteiger partial charge in [-0.25, -0.2) is 13.8 Å². The highest BCUT2D eigenvalue weighted by Crippen LogP contribution is 2.31. The van der Waals surface area contributed by atoms with Crippen molar-refractivity contribution in [2.45, 2.75) is 91.0 Å². The van der Waals surface area contributed by atoms with Crippen LogP contribution in [0, 0.1) is 18.7 Å². The normalized spacial score (nSPS) is 16.5. The summed E-state index contributed by atoms with van der Waals surface area (Å²) in [6.45, 7) is 8.56. The molecule has 0 unspecified atom stereocenters. The zero-order valence-corrected chi connectivity index (χ0v) is 28.1. The Morgan fingerprint density at radius 1 is 1.15 bits per heavy atom. The molecule has 47 heavy (non-hydrogen) atoms. The fraction of sp³-hybridized carbons (Fsp3) is 0.500. The molecule has 1 aromatic carbocycles. The summed E-state index contributed by atoms with van der Waals surface area (Å²) in [5, 5.41) is 29.6. The average Bonchev–Trinajstić information content (AvgIpc) is 3.65. The lowest BCUT2D eigenvalue weighted by molar-refractivity contribution is -0.143. The Morgan fingerprint density at radius 2 is 1.79 bits per heavy atom. The van der Waals surface area contributed by atoms with E-state index in [2.05, 4.69) is 15.5 Å². The first-order valence-corrected chi connectivity index (χ1v) is 16.2. The van der Waals surface area contributed by atoms with Crippen LogP contribution in [-0.2, 0) is 28.1 Å². The van der Waals surface area contributed by atoms with Crippen LogP contribution in [-0.4, -0.2) is 65.5 Å². The second kappa shape index (κ2) is 14.6. The van der Waals surface area contributed by atoms with E-state index in [1.165, 1.54) is 72.3 Å². The van der Waals surface area contributed by atoms with Gasteiger partial charge in [0.05, 0.1) is 36.9 Å². The number of carboxylic acid groups (broad SMARTS) is 1. The molecular formula is C32H41FN6O7S. The summed E-state index contributed by atoms with van der Waals surface area (Å²) in [6.07, 6.45) is 5.60. The number of halogens is 1. The number of amides is 1. The number of carboxylic acids is 1. The van der Waals surface area contributed by atoms with Gasteiger partial charge in [-0.1, -0.05) is 11.3 Å². The van der Waals surface area contributed by atoms with Crippen LogP contribution in [0.2, 0.25) is 0 Å². The van der Waals surface area contributed by atoms with Crippen molar-refractivity contribution in [3.05, 3.63) is 68.4 Å². The molecule has 13 nitrogen and oxygen atoms in total. The van der Waals surface area contributed by atoms with E-state index >= 15 is 0 Å². The summed E-state index contributed by atoms with van der Waals surface area (Å²) in [4.78, 5) is 53.0. The molecule has 0 bridgehead atoms. The Morgan fingerprint density at radius 3 is 2.36 bits per heavy atom. The maximum Gasteiger partial charge on any atom is 0.333 e. The number of aliphatic hydroxyl groups is 1. The quantitative estimate of drug-likeness (QED) is 0.241. The van der Waals surface area contributed by atoms with Crippen molar-refractivity contribution in [1.29, 1.82) is 0 Å². The van der Waals surface area contributed by atoms with Crippen molar-refractivity contribution in [3.8, 4) is 10.8 Å². The Kier molecular flexibility index (Phi) is 11.0. The number of nitrogens with one attached hydrogen (secondary N) is 1. The molecule has 3 N–H and O–H groups in total. The van der Waals surface area contributed by atoms with Crippen LogP contribution in [0.3, 0.4) is 0 Å². The van der Waals surface area contributed by atoms with E-state index in [1.807, 2.05) is 0 Å². The van der Waals surface area contributed by atoms with Gasteiger partial charge in [0.15, 0.2) is 0 Å². The minimum atomic E-state index is -1.48. The molecule has 0 saturated heterocycles. The van der Waals surface area contributed by atoms with Crippen LogP contribution in [0.15, 0.2) is 40.2 Å². The molecule has 0 atom stereocenters. The molecular weight excluding hydrogens is 631 g/mol. The van der Waals surface area contributed by atoms with E-state index in [1.54, 1.807) is 20.8 Å². The van der Waals surface area contributed by atoms with Crippen LogP contribution in [0.4, 0.5) is 4.39 Å². The van der Waals surface area contributed by atoms with Crippen molar-refractivity contribution in [2.75, 3.05) is 7.11 Å². The number of aliphatic hydroxyl groups excluding tert-OH is 1. The number of hydrogen-bond donors (Lipinski definition) is 3. The third-order valence-electron chi connectivity index (χ3n) is 8.22. The minimum absolute atomic E-state index is 0.114.